The third-order valence-corrected chi connectivity index (χ3v) is 3.46. The Bertz CT molecular complexity index is 459. The second-order valence-corrected chi connectivity index (χ2v) is 6.34. The van der Waals surface area contributed by atoms with Gasteiger partial charge in [-0.1, -0.05) is 19.1 Å². The number of hydrogen-bond donors (Lipinski definition) is 1. The second kappa shape index (κ2) is 6.12. The Morgan fingerprint density at radius 1 is 1.41 bits per heavy atom. The van der Waals surface area contributed by atoms with Crippen LogP contribution >= 0.6 is 0 Å². The number of rotatable bonds is 6. The van der Waals surface area contributed by atoms with Gasteiger partial charge >= 0.3 is 0 Å². The summed E-state index contributed by atoms with van der Waals surface area (Å²) < 4.78 is 35.4. The fourth-order valence-corrected chi connectivity index (χ4v) is 2.35. The molecule has 1 rings (SSSR count). The van der Waals surface area contributed by atoms with Crippen LogP contribution in [0.15, 0.2) is 24.3 Å². The lowest BCUT2D eigenvalue weighted by Gasteiger charge is -2.17. The van der Waals surface area contributed by atoms with Crippen molar-refractivity contribution < 1.29 is 12.8 Å². The molecule has 0 heterocycles. The van der Waals surface area contributed by atoms with E-state index >= 15 is 0 Å². The molecule has 0 saturated carbocycles. The minimum absolute atomic E-state index is 0.0984. The maximum atomic E-state index is 13.1. The normalized spacial score (nSPS) is 13.6. The highest BCUT2D eigenvalue weighted by Crippen LogP contribution is 2.18. The fraction of sp³-hybridized carbons (Fsp3) is 0.500. The van der Waals surface area contributed by atoms with Crippen molar-refractivity contribution in [3.05, 3.63) is 35.6 Å². The van der Waals surface area contributed by atoms with E-state index in [1.165, 1.54) is 18.4 Å². The number of sulfone groups is 1. The van der Waals surface area contributed by atoms with Gasteiger partial charge in [0.25, 0.3) is 0 Å². The summed E-state index contributed by atoms with van der Waals surface area (Å²) in [5, 5.41) is 3.17. The molecule has 0 aliphatic carbocycles. The van der Waals surface area contributed by atoms with E-state index in [1.807, 2.05) is 6.92 Å². The Balaban J connectivity index is 2.78. The summed E-state index contributed by atoms with van der Waals surface area (Å²) in [5.74, 6) is -0.203. The SMILES string of the molecule is CCNC(CCS(C)(=O)=O)c1cccc(F)c1. The van der Waals surface area contributed by atoms with Crippen LogP contribution in [-0.2, 0) is 9.84 Å². The van der Waals surface area contributed by atoms with Gasteiger partial charge in [0.2, 0.25) is 0 Å². The summed E-state index contributed by atoms with van der Waals surface area (Å²) in [6, 6.07) is 6.14. The van der Waals surface area contributed by atoms with Crippen LogP contribution in [0.1, 0.15) is 24.9 Å². The highest BCUT2D eigenvalue weighted by molar-refractivity contribution is 7.90. The Hall–Kier alpha value is -0.940. The van der Waals surface area contributed by atoms with Crippen LogP contribution in [0.4, 0.5) is 4.39 Å². The van der Waals surface area contributed by atoms with Gasteiger partial charge in [-0.25, -0.2) is 12.8 Å². The zero-order chi connectivity index (χ0) is 12.9. The van der Waals surface area contributed by atoms with E-state index in [9.17, 15) is 12.8 Å². The molecule has 0 spiro atoms. The van der Waals surface area contributed by atoms with Crippen LogP contribution in [0.5, 0.6) is 0 Å². The lowest BCUT2D eigenvalue weighted by atomic mass is 10.0. The van der Waals surface area contributed by atoms with E-state index in [4.69, 9.17) is 0 Å². The highest BCUT2D eigenvalue weighted by Gasteiger charge is 2.13. The summed E-state index contributed by atoms with van der Waals surface area (Å²) in [5.41, 5.74) is 0.788. The molecule has 0 amide bonds. The molecule has 5 heteroatoms. The number of halogens is 1. The molecule has 0 saturated heterocycles. The molecule has 0 aliphatic rings. The zero-order valence-electron chi connectivity index (χ0n) is 10.1. The minimum Gasteiger partial charge on any atom is -0.310 e. The molecule has 0 radical (unpaired) electrons. The molecular formula is C12H18FNO2S. The quantitative estimate of drug-likeness (QED) is 0.849. The molecule has 1 aromatic carbocycles. The minimum atomic E-state index is -2.99. The summed E-state index contributed by atoms with van der Waals surface area (Å²) in [4.78, 5) is 0. The molecule has 0 aliphatic heterocycles. The average Bonchev–Trinajstić information content (AvgIpc) is 2.23. The second-order valence-electron chi connectivity index (χ2n) is 4.08. The predicted molar refractivity (Wildman–Crippen MR) is 67.1 cm³/mol. The first-order chi connectivity index (χ1) is 7.92. The van der Waals surface area contributed by atoms with Crippen LogP contribution in [0.25, 0.3) is 0 Å². The van der Waals surface area contributed by atoms with Gasteiger partial charge in [-0.2, -0.15) is 0 Å². The number of hydrogen-bond acceptors (Lipinski definition) is 3. The van der Waals surface area contributed by atoms with Crippen molar-refractivity contribution in [1.29, 1.82) is 0 Å². The summed E-state index contributed by atoms with van der Waals surface area (Å²) in [6.45, 7) is 2.65. The molecule has 1 atom stereocenters. The van der Waals surface area contributed by atoms with Crippen LogP contribution in [0.3, 0.4) is 0 Å². The van der Waals surface area contributed by atoms with E-state index in [-0.39, 0.29) is 17.6 Å². The van der Waals surface area contributed by atoms with Crippen LogP contribution in [-0.4, -0.2) is 27.0 Å². The van der Waals surface area contributed by atoms with Crippen molar-refractivity contribution in [1.82, 2.24) is 5.32 Å². The first kappa shape index (κ1) is 14.1. The van der Waals surface area contributed by atoms with Gasteiger partial charge in [0, 0.05) is 12.3 Å². The number of nitrogens with one attached hydrogen (secondary N) is 1. The summed E-state index contributed by atoms with van der Waals surface area (Å²) in [7, 11) is -2.99. The fourth-order valence-electron chi connectivity index (χ4n) is 1.69. The molecule has 1 aromatic rings. The Labute approximate surface area is 102 Å². The van der Waals surface area contributed by atoms with Crippen molar-refractivity contribution in [2.75, 3.05) is 18.6 Å². The third-order valence-electron chi connectivity index (χ3n) is 2.48. The lowest BCUT2D eigenvalue weighted by molar-refractivity contribution is 0.525. The standard InChI is InChI=1S/C12H18FNO2S/c1-3-14-12(7-8-17(2,15)16)10-5-4-6-11(13)9-10/h4-6,9,12,14H,3,7-8H2,1-2H3. The summed E-state index contributed by atoms with van der Waals surface area (Å²) in [6.07, 6.45) is 1.66. The van der Waals surface area contributed by atoms with Crippen molar-refractivity contribution in [3.63, 3.8) is 0 Å². The van der Waals surface area contributed by atoms with Crippen LogP contribution in [0.2, 0.25) is 0 Å². The van der Waals surface area contributed by atoms with E-state index in [0.29, 0.717) is 13.0 Å². The molecule has 0 bridgehead atoms. The highest BCUT2D eigenvalue weighted by atomic mass is 32.2. The maximum absolute atomic E-state index is 13.1. The van der Waals surface area contributed by atoms with E-state index in [0.717, 1.165) is 5.56 Å². The van der Waals surface area contributed by atoms with E-state index < -0.39 is 9.84 Å². The molecule has 1 N–H and O–H groups in total. The monoisotopic (exact) mass is 259 g/mol. The van der Waals surface area contributed by atoms with Gasteiger partial charge in [0.05, 0.1) is 5.75 Å². The molecule has 0 aromatic heterocycles. The van der Waals surface area contributed by atoms with Crippen LogP contribution in [0, 0.1) is 5.82 Å². The Morgan fingerprint density at radius 2 is 2.12 bits per heavy atom. The summed E-state index contributed by atoms with van der Waals surface area (Å²) >= 11 is 0. The predicted octanol–water partition coefficient (Wildman–Crippen LogP) is 1.91. The topological polar surface area (TPSA) is 46.2 Å². The first-order valence-corrected chi connectivity index (χ1v) is 7.65. The van der Waals surface area contributed by atoms with Gasteiger partial charge in [0.1, 0.15) is 15.7 Å². The van der Waals surface area contributed by atoms with Crippen molar-refractivity contribution >= 4 is 9.84 Å². The lowest BCUT2D eigenvalue weighted by Crippen LogP contribution is -2.23. The molecule has 1 unspecified atom stereocenters. The molecular weight excluding hydrogens is 241 g/mol. The van der Waals surface area contributed by atoms with Gasteiger partial charge in [-0.15, -0.1) is 0 Å². The molecule has 96 valence electrons. The average molecular weight is 259 g/mol. The van der Waals surface area contributed by atoms with Gasteiger partial charge in [-0.05, 0) is 30.7 Å². The van der Waals surface area contributed by atoms with Gasteiger partial charge in [0.15, 0.2) is 0 Å². The van der Waals surface area contributed by atoms with E-state index in [1.54, 1.807) is 12.1 Å². The third kappa shape index (κ3) is 5.28. The maximum Gasteiger partial charge on any atom is 0.147 e. The first-order valence-electron chi connectivity index (χ1n) is 5.59. The largest absolute Gasteiger partial charge is 0.310 e. The smallest absolute Gasteiger partial charge is 0.147 e. The Kier molecular flexibility index (Phi) is 5.08. The van der Waals surface area contributed by atoms with Crippen molar-refractivity contribution in [2.45, 2.75) is 19.4 Å². The zero-order valence-corrected chi connectivity index (χ0v) is 10.9. The molecule has 17 heavy (non-hydrogen) atoms. The van der Waals surface area contributed by atoms with E-state index in [2.05, 4.69) is 5.32 Å². The van der Waals surface area contributed by atoms with Gasteiger partial charge < -0.3 is 5.32 Å². The Morgan fingerprint density at radius 3 is 2.65 bits per heavy atom. The molecule has 3 nitrogen and oxygen atoms in total. The van der Waals surface area contributed by atoms with Crippen LogP contribution < -0.4 is 5.32 Å². The van der Waals surface area contributed by atoms with Gasteiger partial charge in [-0.3, -0.25) is 0 Å². The number of benzene rings is 1. The van der Waals surface area contributed by atoms with Crippen molar-refractivity contribution in [3.8, 4) is 0 Å². The van der Waals surface area contributed by atoms with Crippen molar-refractivity contribution in [2.24, 2.45) is 0 Å². The molecule has 0 fully saturated rings.